The summed E-state index contributed by atoms with van der Waals surface area (Å²) in [6.45, 7) is 0. The fourth-order valence-electron chi connectivity index (χ4n) is 6.70. The van der Waals surface area contributed by atoms with Crippen LogP contribution in [-0.4, -0.2) is 7.85 Å². The van der Waals surface area contributed by atoms with E-state index in [2.05, 4.69) is 72.9 Å². The van der Waals surface area contributed by atoms with E-state index in [-0.39, 0.29) is 0 Å². The van der Waals surface area contributed by atoms with Gasteiger partial charge in [-0.3, -0.25) is 0 Å². The summed E-state index contributed by atoms with van der Waals surface area (Å²) in [7, 11) is 6.70. The zero-order valence-corrected chi connectivity index (χ0v) is 18.3. The SMILES string of the molecule is [B]C1=C2C=CCCC2C(C2=CC(C3=CC4CCC=CC4C=C3)CC=C2)C2=C1C=CCC2. The van der Waals surface area contributed by atoms with Crippen LogP contribution in [0, 0.1) is 29.6 Å². The fourth-order valence-corrected chi connectivity index (χ4v) is 6.70. The first kappa shape index (κ1) is 19.4. The molecule has 2 radical (unpaired) electrons. The van der Waals surface area contributed by atoms with Crippen LogP contribution in [0.5, 0.6) is 0 Å². The summed E-state index contributed by atoms with van der Waals surface area (Å²) in [5.41, 5.74) is 8.39. The largest absolute Gasteiger partial charge is 0.115 e. The van der Waals surface area contributed by atoms with Crippen LogP contribution in [0.4, 0.5) is 0 Å². The van der Waals surface area contributed by atoms with Crippen LogP contribution in [0.2, 0.25) is 0 Å². The van der Waals surface area contributed by atoms with Crippen LogP contribution in [0.3, 0.4) is 0 Å². The zero-order valence-electron chi connectivity index (χ0n) is 18.3. The number of rotatable bonds is 2. The predicted molar refractivity (Wildman–Crippen MR) is 131 cm³/mol. The van der Waals surface area contributed by atoms with Gasteiger partial charge in [0.2, 0.25) is 0 Å². The van der Waals surface area contributed by atoms with Crippen molar-refractivity contribution < 1.29 is 0 Å². The molecule has 0 bridgehead atoms. The van der Waals surface area contributed by atoms with Gasteiger partial charge in [-0.05, 0) is 73.5 Å². The normalized spacial score (nSPS) is 36.1. The number of hydrogen-bond acceptors (Lipinski definition) is 0. The molecule has 0 heterocycles. The van der Waals surface area contributed by atoms with E-state index in [1.165, 1.54) is 48.0 Å². The van der Waals surface area contributed by atoms with Gasteiger partial charge in [0.1, 0.15) is 7.85 Å². The average molecular weight is 402 g/mol. The zero-order chi connectivity index (χ0) is 20.8. The molecule has 6 aliphatic rings. The summed E-state index contributed by atoms with van der Waals surface area (Å²) >= 11 is 0. The number of fused-ring (bicyclic) bond motifs is 2. The molecule has 0 saturated carbocycles. The minimum atomic E-state index is 0.491. The standard InChI is InChI=1S/C30H31B/c31-30-27-14-5-3-12-25(27)29(26-13-4-6-15-28(26)30)24-11-7-10-22(19-24)23-17-16-20-8-1-2-9-21(20)18-23/h1,5-8,11,14-22,25,29H,2-4,9-10,12-13H2. The van der Waals surface area contributed by atoms with Gasteiger partial charge in [-0.1, -0.05) is 89.5 Å². The number of hydrogen-bond donors (Lipinski definition) is 0. The van der Waals surface area contributed by atoms with E-state index < -0.39 is 0 Å². The molecule has 0 amide bonds. The number of allylic oxidation sites excluding steroid dienone is 18. The van der Waals surface area contributed by atoms with Crippen molar-refractivity contribution in [3.8, 4) is 0 Å². The molecule has 154 valence electrons. The lowest BCUT2D eigenvalue weighted by Gasteiger charge is -2.41. The van der Waals surface area contributed by atoms with E-state index in [0.717, 1.165) is 24.7 Å². The molecule has 0 saturated heterocycles. The molecule has 0 aromatic heterocycles. The first-order valence-corrected chi connectivity index (χ1v) is 12.3. The van der Waals surface area contributed by atoms with E-state index in [9.17, 15) is 0 Å². The molecule has 6 aliphatic carbocycles. The Labute approximate surface area is 188 Å². The highest BCUT2D eigenvalue weighted by Gasteiger charge is 2.37. The van der Waals surface area contributed by atoms with Crippen molar-refractivity contribution in [1.29, 1.82) is 0 Å². The molecular formula is C30H31B. The van der Waals surface area contributed by atoms with Gasteiger partial charge < -0.3 is 0 Å². The Morgan fingerprint density at radius 1 is 0.774 bits per heavy atom. The summed E-state index contributed by atoms with van der Waals surface area (Å²) in [6, 6.07) is 0. The van der Waals surface area contributed by atoms with Crippen molar-refractivity contribution >= 4 is 7.85 Å². The molecular weight excluding hydrogens is 371 g/mol. The second kappa shape index (κ2) is 8.01. The van der Waals surface area contributed by atoms with Crippen LogP contribution in [0.1, 0.15) is 44.9 Å². The molecule has 0 aromatic carbocycles. The summed E-state index contributed by atoms with van der Waals surface area (Å²) < 4.78 is 0. The molecule has 6 rings (SSSR count). The molecule has 5 atom stereocenters. The van der Waals surface area contributed by atoms with Gasteiger partial charge in [-0.25, -0.2) is 0 Å². The van der Waals surface area contributed by atoms with Crippen molar-refractivity contribution in [2.45, 2.75) is 44.9 Å². The molecule has 31 heavy (non-hydrogen) atoms. The van der Waals surface area contributed by atoms with Crippen LogP contribution in [0.15, 0.2) is 106 Å². The van der Waals surface area contributed by atoms with Crippen molar-refractivity contribution in [2.75, 3.05) is 0 Å². The molecule has 0 fully saturated rings. The predicted octanol–water partition coefficient (Wildman–Crippen LogP) is 7.23. The maximum absolute atomic E-state index is 6.70. The lowest BCUT2D eigenvalue weighted by Crippen LogP contribution is -2.29. The fraction of sp³-hybridized carbons (Fsp3) is 0.400. The topological polar surface area (TPSA) is 0 Å². The van der Waals surface area contributed by atoms with Crippen LogP contribution < -0.4 is 0 Å². The Kier molecular flexibility index (Phi) is 5.02. The maximum atomic E-state index is 6.70. The quantitative estimate of drug-likeness (QED) is 0.338. The van der Waals surface area contributed by atoms with Crippen molar-refractivity contribution in [1.82, 2.24) is 0 Å². The van der Waals surface area contributed by atoms with Gasteiger partial charge in [0.05, 0.1) is 0 Å². The highest BCUT2D eigenvalue weighted by atomic mass is 14.4. The van der Waals surface area contributed by atoms with E-state index >= 15 is 0 Å². The lowest BCUT2D eigenvalue weighted by molar-refractivity contribution is 0.435. The van der Waals surface area contributed by atoms with E-state index in [1.807, 2.05) is 0 Å². The Hall–Kier alpha value is -2.28. The molecule has 0 nitrogen and oxygen atoms in total. The summed E-state index contributed by atoms with van der Waals surface area (Å²) in [5, 5.41) is 0. The molecule has 0 spiro atoms. The Morgan fingerprint density at radius 3 is 2.65 bits per heavy atom. The second-order valence-electron chi connectivity index (χ2n) is 10.00. The monoisotopic (exact) mass is 402 g/mol. The first-order valence-electron chi connectivity index (χ1n) is 12.3. The van der Waals surface area contributed by atoms with Gasteiger partial charge in [0.25, 0.3) is 0 Å². The Balaban J connectivity index is 1.37. The summed E-state index contributed by atoms with van der Waals surface area (Å²) in [4.78, 5) is 0. The van der Waals surface area contributed by atoms with Gasteiger partial charge in [-0.15, -0.1) is 0 Å². The third-order valence-electron chi connectivity index (χ3n) is 8.25. The Morgan fingerprint density at radius 2 is 1.68 bits per heavy atom. The minimum absolute atomic E-state index is 0.491. The van der Waals surface area contributed by atoms with Crippen molar-refractivity contribution in [2.24, 2.45) is 29.6 Å². The highest BCUT2D eigenvalue weighted by Crippen LogP contribution is 2.50. The average Bonchev–Trinajstić information content (AvgIpc) is 2.84. The smallest absolute Gasteiger partial charge is 0.0879 e. The molecule has 5 unspecified atom stereocenters. The first-order chi connectivity index (χ1) is 15.3. The maximum Gasteiger partial charge on any atom is 0.115 e. The Bertz CT molecular complexity index is 1050. The van der Waals surface area contributed by atoms with Crippen LogP contribution in [-0.2, 0) is 0 Å². The highest BCUT2D eigenvalue weighted by molar-refractivity contribution is 6.25. The van der Waals surface area contributed by atoms with Gasteiger partial charge in [0, 0.05) is 17.8 Å². The lowest BCUT2D eigenvalue weighted by atomic mass is 9.60. The van der Waals surface area contributed by atoms with Crippen molar-refractivity contribution in [3.05, 3.63) is 106 Å². The van der Waals surface area contributed by atoms with Gasteiger partial charge in [-0.2, -0.15) is 0 Å². The second-order valence-corrected chi connectivity index (χ2v) is 10.00. The van der Waals surface area contributed by atoms with E-state index in [1.54, 1.807) is 5.57 Å². The molecule has 0 aromatic rings. The summed E-state index contributed by atoms with van der Waals surface area (Å²) in [6.07, 6.45) is 37.2. The molecule has 0 N–H and O–H groups in total. The molecule has 1 heteroatoms. The molecule has 0 aliphatic heterocycles. The van der Waals surface area contributed by atoms with Crippen LogP contribution in [0.25, 0.3) is 0 Å². The van der Waals surface area contributed by atoms with Gasteiger partial charge >= 0.3 is 0 Å². The van der Waals surface area contributed by atoms with E-state index in [0.29, 0.717) is 29.6 Å². The third kappa shape index (κ3) is 3.38. The van der Waals surface area contributed by atoms with E-state index in [4.69, 9.17) is 7.85 Å². The van der Waals surface area contributed by atoms with Crippen molar-refractivity contribution in [3.63, 3.8) is 0 Å². The minimum Gasteiger partial charge on any atom is -0.0879 e. The third-order valence-corrected chi connectivity index (χ3v) is 8.25. The summed E-state index contributed by atoms with van der Waals surface area (Å²) in [5.74, 6) is 2.85. The van der Waals surface area contributed by atoms with Gasteiger partial charge in [0.15, 0.2) is 0 Å². The van der Waals surface area contributed by atoms with Crippen LogP contribution >= 0.6 is 0 Å².